The van der Waals surface area contributed by atoms with Gasteiger partial charge in [0.15, 0.2) is 0 Å². The minimum Gasteiger partial charge on any atom is -0.353 e. The number of hydrogen-bond acceptors (Lipinski definition) is 1. The van der Waals surface area contributed by atoms with Crippen molar-refractivity contribution in [2.24, 2.45) is 5.92 Å². The first kappa shape index (κ1) is 16.2. The molecule has 1 aromatic carbocycles. The van der Waals surface area contributed by atoms with E-state index in [1.165, 1.54) is 11.1 Å². The van der Waals surface area contributed by atoms with Gasteiger partial charge in [-0.25, -0.2) is 0 Å². The number of hydrogen-bond donors (Lipinski definition) is 1. The molecule has 0 fully saturated rings. The van der Waals surface area contributed by atoms with Crippen LogP contribution in [0.1, 0.15) is 37.8 Å². The van der Waals surface area contributed by atoms with Gasteiger partial charge in [0, 0.05) is 17.8 Å². The van der Waals surface area contributed by atoms with E-state index in [0.717, 1.165) is 18.2 Å². The highest BCUT2D eigenvalue weighted by Crippen LogP contribution is 2.09. The Hall–Kier alpha value is -0.830. The van der Waals surface area contributed by atoms with E-state index in [0.29, 0.717) is 12.3 Å². The van der Waals surface area contributed by atoms with Crippen LogP contribution in [-0.4, -0.2) is 17.3 Å². The third kappa shape index (κ3) is 6.24. The second-order valence-corrected chi connectivity index (χ2v) is 6.17. The van der Waals surface area contributed by atoms with Crippen LogP contribution in [0.3, 0.4) is 0 Å². The Kier molecular flexibility index (Phi) is 7.14. The third-order valence-corrected chi connectivity index (χ3v) is 3.79. The summed E-state index contributed by atoms with van der Waals surface area (Å²) in [6.45, 7) is 6.37. The molecule has 1 rings (SSSR count). The molecule has 0 aliphatic carbocycles. The smallest absolute Gasteiger partial charge is 0.220 e. The molecule has 0 bridgehead atoms. The zero-order valence-corrected chi connectivity index (χ0v) is 13.7. The molecule has 1 atom stereocenters. The fourth-order valence-electron chi connectivity index (χ4n) is 1.98. The maximum Gasteiger partial charge on any atom is 0.220 e. The van der Waals surface area contributed by atoms with Crippen molar-refractivity contribution in [2.75, 3.05) is 5.33 Å². The summed E-state index contributed by atoms with van der Waals surface area (Å²) in [6.07, 6.45) is 2.35. The van der Waals surface area contributed by atoms with E-state index >= 15 is 0 Å². The van der Waals surface area contributed by atoms with Crippen LogP contribution >= 0.6 is 15.9 Å². The molecule has 0 saturated carbocycles. The maximum atomic E-state index is 11.9. The van der Waals surface area contributed by atoms with Crippen LogP contribution < -0.4 is 5.32 Å². The van der Waals surface area contributed by atoms with Crippen LogP contribution in [0.5, 0.6) is 0 Å². The monoisotopic (exact) mass is 325 g/mol. The first-order valence-corrected chi connectivity index (χ1v) is 8.06. The van der Waals surface area contributed by atoms with Crippen molar-refractivity contribution in [3.63, 3.8) is 0 Å². The quantitative estimate of drug-likeness (QED) is 0.758. The van der Waals surface area contributed by atoms with Crippen LogP contribution in [-0.2, 0) is 11.2 Å². The SMILES string of the molecule is Cc1ccc(CCC(=O)NC(CCBr)C(C)C)cc1. The van der Waals surface area contributed by atoms with Gasteiger partial charge in [-0.05, 0) is 31.2 Å². The van der Waals surface area contributed by atoms with Crippen molar-refractivity contribution < 1.29 is 4.79 Å². The van der Waals surface area contributed by atoms with E-state index in [-0.39, 0.29) is 11.9 Å². The van der Waals surface area contributed by atoms with Gasteiger partial charge in [0.1, 0.15) is 0 Å². The van der Waals surface area contributed by atoms with Gasteiger partial charge >= 0.3 is 0 Å². The lowest BCUT2D eigenvalue weighted by Crippen LogP contribution is -2.38. The highest BCUT2D eigenvalue weighted by atomic mass is 79.9. The lowest BCUT2D eigenvalue weighted by atomic mass is 10.0. The van der Waals surface area contributed by atoms with Crippen molar-refractivity contribution in [1.82, 2.24) is 5.32 Å². The molecule has 1 aromatic rings. The van der Waals surface area contributed by atoms with E-state index in [9.17, 15) is 4.79 Å². The number of nitrogens with one attached hydrogen (secondary N) is 1. The number of rotatable bonds is 7. The van der Waals surface area contributed by atoms with Crippen LogP contribution in [0.2, 0.25) is 0 Å². The van der Waals surface area contributed by atoms with Crippen LogP contribution in [0.15, 0.2) is 24.3 Å². The molecule has 3 heteroatoms. The number of amides is 1. The van der Waals surface area contributed by atoms with Crippen molar-refractivity contribution in [3.05, 3.63) is 35.4 Å². The minimum absolute atomic E-state index is 0.153. The summed E-state index contributed by atoms with van der Waals surface area (Å²) < 4.78 is 0. The topological polar surface area (TPSA) is 29.1 Å². The van der Waals surface area contributed by atoms with E-state index in [2.05, 4.69) is 66.3 Å². The molecule has 106 valence electrons. The van der Waals surface area contributed by atoms with E-state index in [1.807, 2.05) is 0 Å². The molecule has 2 nitrogen and oxygen atoms in total. The van der Waals surface area contributed by atoms with E-state index in [4.69, 9.17) is 0 Å². The molecule has 1 amide bonds. The molecular weight excluding hydrogens is 302 g/mol. The maximum absolute atomic E-state index is 11.9. The average molecular weight is 326 g/mol. The fraction of sp³-hybridized carbons (Fsp3) is 0.562. The average Bonchev–Trinajstić information content (AvgIpc) is 2.37. The number of carbonyl (C=O) groups excluding carboxylic acids is 1. The van der Waals surface area contributed by atoms with Crippen molar-refractivity contribution in [3.8, 4) is 0 Å². The lowest BCUT2D eigenvalue weighted by molar-refractivity contribution is -0.122. The predicted molar refractivity (Wildman–Crippen MR) is 84.7 cm³/mol. The minimum atomic E-state index is 0.153. The molecular formula is C16H24BrNO. The summed E-state index contributed by atoms with van der Waals surface area (Å²) in [5.74, 6) is 0.626. The molecule has 1 N–H and O–H groups in total. The zero-order chi connectivity index (χ0) is 14.3. The van der Waals surface area contributed by atoms with Gasteiger partial charge in [-0.1, -0.05) is 59.6 Å². The van der Waals surface area contributed by atoms with Gasteiger partial charge in [-0.3, -0.25) is 4.79 Å². The molecule has 0 heterocycles. The lowest BCUT2D eigenvalue weighted by Gasteiger charge is -2.21. The number of aryl methyl sites for hydroxylation is 2. The standard InChI is InChI=1S/C16H24BrNO/c1-12(2)15(10-11-17)18-16(19)9-8-14-6-4-13(3)5-7-14/h4-7,12,15H,8-11H2,1-3H3,(H,18,19). The second kappa shape index (κ2) is 8.36. The molecule has 0 spiro atoms. The highest BCUT2D eigenvalue weighted by molar-refractivity contribution is 9.09. The molecule has 0 aromatic heterocycles. The first-order chi connectivity index (χ1) is 9.02. The fourth-order valence-corrected chi connectivity index (χ4v) is 2.47. The highest BCUT2D eigenvalue weighted by Gasteiger charge is 2.15. The van der Waals surface area contributed by atoms with Crippen LogP contribution in [0.4, 0.5) is 0 Å². The van der Waals surface area contributed by atoms with Gasteiger partial charge in [-0.15, -0.1) is 0 Å². The Morgan fingerprint density at radius 1 is 1.26 bits per heavy atom. The summed E-state index contributed by atoms with van der Waals surface area (Å²) in [5.41, 5.74) is 2.48. The molecule has 0 saturated heterocycles. The normalized spacial score (nSPS) is 12.5. The van der Waals surface area contributed by atoms with Crippen molar-refractivity contribution in [2.45, 2.75) is 46.1 Å². The molecule has 0 radical (unpaired) electrons. The number of benzene rings is 1. The van der Waals surface area contributed by atoms with Crippen LogP contribution in [0, 0.1) is 12.8 Å². The molecule has 19 heavy (non-hydrogen) atoms. The largest absolute Gasteiger partial charge is 0.353 e. The summed E-state index contributed by atoms with van der Waals surface area (Å²) in [5, 5.41) is 4.05. The first-order valence-electron chi connectivity index (χ1n) is 6.93. The Labute approximate surface area is 125 Å². The molecule has 1 unspecified atom stereocenters. The summed E-state index contributed by atoms with van der Waals surface area (Å²) in [7, 11) is 0. The van der Waals surface area contributed by atoms with Gasteiger partial charge in [0.2, 0.25) is 5.91 Å². The van der Waals surface area contributed by atoms with Gasteiger partial charge < -0.3 is 5.32 Å². The summed E-state index contributed by atoms with van der Waals surface area (Å²) in [4.78, 5) is 11.9. The van der Waals surface area contributed by atoms with Crippen molar-refractivity contribution in [1.29, 1.82) is 0 Å². The Morgan fingerprint density at radius 2 is 1.89 bits per heavy atom. The number of carbonyl (C=O) groups is 1. The van der Waals surface area contributed by atoms with Gasteiger partial charge in [-0.2, -0.15) is 0 Å². The summed E-state index contributed by atoms with van der Waals surface area (Å²) in [6, 6.07) is 8.65. The Bertz CT molecular complexity index is 386. The Morgan fingerprint density at radius 3 is 2.42 bits per heavy atom. The second-order valence-electron chi connectivity index (χ2n) is 5.38. The Balaban J connectivity index is 2.40. The molecule has 0 aliphatic heterocycles. The number of halogens is 1. The van der Waals surface area contributed by atoms with Gasteiger partial charge in [0.25, 0.3) is 0 Å². The third-order valence-electron chi connectivity index (χ3n) is 3.33. The zero-order valence-electron chi connectivity index (χ0n) is 12.1. The number of alkyl halides is 1. The van der Waals surface area contributed by atoms with Crippen LogP contribution in [0.25, 0.3) is 0 Å². The van der Waals surface area contributed by atoms with Gasteiger partial charge in [0.05, 0.1) is 0 Å². The van der Waals surface area contributed by atoms with Crippen molar-refractivity contribution >= 4 is 21.8 Å². The molecule has 0 aliphatic rings. The summed E-state index contributed by atoms with van der Waals surface area (Å²) >= 11 is 3.44. The van der Waals surface area contributed by atoms with E-state index < -0.39 is 0 Å². The predicted octanol–water partition coefficient (Wildman–Crippen LogP) is 3.85. The van der Waals surface area contributed by atoms with E-state index in [1.54, 1.807) is 0 Å².